The summed E-state index contributed by atoms with van der Waals surface area (Å²) in [5.41, 5.74) is 6.12. The van der Waals surface area contributed by atoms with Crippen molar-refractivity contribution < 1.29 is 0 Å². The number of hydrogen-bond acceptors (Lipinski definition) is 3. The Bertz CT molecular complexity index is 965. The average Bonchev–Trinajstić information content (AvgIpc) is 2.61. The molecule has 0 aliphatic heterocycles. The second kappa shape index (κ2) is 10.6. The van der Waals surface area contributed by atoms with Crippen molar-refractivity contribution in [3.05, 3.63) is 78.7 Å². The van der Waals surface area contributed by atoms with Crippen LogP contribution >= 0.6 is 94.0 Å². The molecule has 0 radical (unpaired) electrons. The summed E-state index contributed by atoms with van der Waals surface area (Å²) in [4.78, 5) is 2.39. The molecule has 9 heteroatoms. The Morgan fingerprint density at radius 1 is 0.667 bits per heavy atom. The fraction of sp³-hybridized carbons (Fsp3) is 0. The predicted molar refractivity (Wildman–Crippen MR) is 125 cm³/mol. The van der Waals surface area contributed by atoms with Crippen LogP contribution < -0.4 is 5.73 Å². The Labute approximate surface area is 197 Å². The van der Waals surface area contributed by atoms with Crippen molar-refractivity contribution in [3.63, 3.8) is 0 Å². The number of nitrogen functional groups attached to an aromatic ring is 1. The second-order valence-corrected chi connectivity index (χ2v) is 9.06. The van der Waals surface area contributed by atoms with Gasteiger partial charge in [-0.1, -0.05) is 81.4 Å². The molecule has 142 valence electrons. The summed E-state index contributed by atoms with van der Waals surface area (Å²) < 4.78 is 0. The Kier molecular flexibility index (Phi) is 9.11. The molecule has 0 unspecified atom stereocenters. The van der Waals surface area contributed by atoms with E-state index in [9.17, 15) is 0 Å². The molecule has 1 nitrogen and oxygen atoms in total. The lowest BCUT2D eigenvalue weighted by Crippen LogP contribution is -1.88. The number of anilines is 1. The summed E-state index contributed by atoms with van der Waals surface area (Å²) in [5, 5.41) is 3.16. The normalized spacial score (nSPS) is 10.3. The molecule has 27 heavy (non-hydrogen) atoms. The van der Waals surface area contributed by atoms with Crippen LogP contribution in [0.1, 0.15) is 0 Å². The molecule has 0 atom stereocenters. The smallest absolute Gasteiger partial charge is 0.0833 e. The Balaban J connectivity index is 0.000000244. The lowest BCUT2D eigenvalue weighted by molar-refractivity contribution is 1.41. The minimum absolute atomic E-state index is 0.353. The van der Waals surface area contributed by atoms with E-state index in [4.69, 9.17) is 75.3 Å². The Hall–Kier alpha value is -0.100. The molecule has 3 aromatic carbocycles. The quantitative estimate of drug-likeness (QED) is 0.261. The first-order chi connectivity index (χ1) is 12.7. The zero-order valence-electron chi connectivity index (χ0n) is 13.3. The summed E-state index contributed by atoms with van der Waals surface area (Å²) in [6.45, 7) is 0. The summed E-state index contributed by atoms with van der Waals surface area (Å²) in [6, 6.07) is 13.9. The van der Waals surface area contributed by atoms with Gasteiger partial charge in [0.1, 0.15) is 0 Å². The molecule has 2 N–H and O–H groups in total. The van der Waals surface area contributed by atoms with E-state index in [2.05, 4.69) is 12.6 Å². The van der Waals surface area contributed by atoms with E-state index in [1.165, 1.54) is 11.8 Å². The molecule has 3 aromatic rings. The number of benzene rings is 3. The first-order valence-corrected chi connectivity index (χ1v) is 10.7. The van der Waals surface area contributed by atoms with Crippen LogP contribution in [0.3, 0.4) is 0 Å². The maximum Gasteiger partial charge on any atom is 0.0833 e. The van der Waals surface area contributed by atoms with E-state index < -0.39 is 0 Å². The van der Waals surface area contributed by atoms with Gasteiger partial charge in [0.2, 0.25) is 0 Å². The highest BCUT2D eigenvalue weighted by Gasteiger charge is 2.11. The van der Waals surface area contributed by atoms with Crippen molar-refractivity contribution in [2.75, 3.05) is 5.73 Å². The van der Waals surface area contributed by atoms with Crippen LogP contribution in [0.4, 0.5) is 5.69 Å². The number of nitrogens with two attached hydrogens (primary N) is 1. The lowest BCUT2D eigenvalue weighted by Gasteiger charge is -2.09. The van der Waals surface area contributed by atoms with Crippen LogP contribution in [0, 0.1) is 0 Å². The van der Waals surface area contributed by atoms with Crippen LogP contribution in [0.5, 0.6) is 0 Å². The maximum atomic E-state index is 6.13. The molecule has 0 spiro atoms. The largest absolute Gasteiger partial charge is 0.397 e. The fourth-order valence-electron chi connectivity index (χ4n) is 1.78. The fourth-order valence-corrected chi connectivity index (χ4v) is 4.22. The van der Waals surface area contributed by atoms with Crippen LogP contribution in [0.2, 0.25) is 30.1 Å². The van der Waals surface area contributed by atoms with E-state index >= 15 is 0 Å². The van der Waals surface area contributed by atoms with Gasteiger partial charge in [0.25, 0.3) is 0 Å². The molecule has 0 fully saturated rings. The van der Waals surface area contributed by atoms with Crippen LogP contribution in [-0.4, -0.2) is 0 Å². The molecule has 0 aliphatic carbocycles. The van der Waals surface area contributed by atoms with Gasteiger partial charge in [0.05, 0.1) is 25.8 Å². The molecule has 0 aromatic heterocycles. The van der Waals surface area contributed by atoms with Crippen molar-refractivity contribution >= 4 is 99.7 Å². The molecule has 0 amide bonds. The Morgan fingerprint density at radius 2 is 1.22 bits per heavy atom. The van der Waals surface area contributed by atoms with Crippen molar-refractivity contribution in [2.45, 2.75) is 14.7 Å². The highest BCUT2D eigenvalue weighted by molar-refractivity contribution is 7.99. The molecule has 0 bridgehead atoms. The van der Waals surface area contributed by atoms with Crippen molar-refractivity contribution in [1.82, 2.24) is 0 Å². The molecular weight excluding hydrogens is 507 g/mol. The summed E-state index contributed by atoms with van der Waals surface area (Å²) in [6.07, 6.45) is 0. The third-order valence-corrected chi connectivity index (χ3v) is 6.97. The molecule has 0 saturated carbocycles. The standard InChI is InChI=1S/C12H7Cl4NS.C6H4Cl2S/c13-6-1-3-9(7(14)5-6)18-10-4-2-8(17)11(15)12(10)16;7-4-1-2-6(9)5(8)3-4/h1-5H,17H2;1-3,9H. The van der Waals surface area contributed by atoms with Gasteiger partial charge in [-0.05, 0) is 48.5 Å². The van der Waals surface area contributed by atoms with Gasteiger partial charge in [0, 0.05) is 24.7 Å². The summed E-state index contributed by atoms with van der Waals surface area (Å²) >= 11 is 40.8. The highest BCUT2D eigenvalue weighted by atomic mass is 35.5. The van der Waals surface area contributed by atoms with Crippen molar-refractivity contribution in [3.8, 4) is 0 Å². The predicted octanol–water partition coefficient (Wildman–Crippen LogP) is 9.32. The summed E-state index contributed by atoms with van der Waals surface area (Å²) in [5.74, 6) is 0. The van der Waals surface area contributed by atoms with Crippen molar-refractivity contribution in [1.29, 1.82) is 0 Å². The monoisotopic (exact) mass is 515 g/mol. The minimum atomic E-state index is 0.353. The zero-order chi connectivity index (χ0) is 20.1. The number of halogens is 6. The molecule has 0 heterocycles. The highest BCUT2D eigenvalue weighted by Crippen LogP contribution is 2.42. The van der Waals surface area contributed by atoms with Crippen LogP contribution in [0.15, 0.2) is 63.2 Å². The van der Waals surface area contributed by atoms with Gasteiger partial charge < -0.3 is 5.73 Å². The first-order valence-electron chi connectivity index (χ1n) is 7.19. The third-order valence-electron chi connectivity index (χ3n) is 3.10. The van der Waals surface area contributed by atoms with Gasteiger partial charge in [-0.15, -0.1) is 12.6 Å². The van der Waals surface area contributed by atoms with Crippen LogP contribution in [0.25, 0.3) is 0 Å². The van der Waals surface area contributed by atoms with Gasteiger partial charge in [-0.25, -0.2) is 0 Å². The average molecular weight is 518 g/mol. The minimum Gasteiger partial charge on any atom is -0.397 e. The molecule has 3 rings (SSSR count). The zero-order valence-corrected chi connectivity index (χ0v) is 19.6. The number of thiol groups is 1. The van der Waals surface area contributed by atoms with Gasteiger partial charge >= 0.3 is 0 Å². The van der Waals surface area contributed by atoms with Gasteiger partial charge in [-0.2, -0.15) is 0 Å². The number of hydrogen-bond donors (Lipinski definition) is 2. The lowest BCUT2D eigenvalue weighted by atomic mass is 10.3. The van der Waals surface area contributed by atoms with E-state index in [0.717, 1.165) is 14.7 Å². The van der Waals surface area contributed by atoms with Gasteiger partial charge in [0.15, 0.2) is 0 Å². The third kappa shape index (κ3) is 6.73. The van der Waals surface area contributed by atoms with E-state index in [-0.39, 0.29) is 0 Å². The van der Waals surface area contributed by atoms with Crippen molar-refractivity contribution in [2.24, 2.45) is 0 Å². The van der Waals surface area contributed by atoms with E-state index in [1.54, 1.807) is 42.5 Å². The number of rotatable bonds is 2. The van der Waals surface area contributed by atoms with Crippen LogP contribution in [-0.2, 0) is 0 Å². The van der Waals surface area contributed by atoms with Gasteiger partial charge in [-0.3, -0.25) is 0 Å². The SMILES string of the molecule is Nc1ccc(Sc2ccc(Cl)cc2Cl)c(Cl)c1Cl.Sc1ccc(Cl)cc1Cl. The second-order valence-electron chi connectivity index (χ2n) is 5.05. The molecule has 0 aliphatic rings. The first kappa shape index (κ1) is 23.2. The molecular formula is C18H11Cl6NS2. The van der Waals surface area contributed by atoms with E-state index in [1.807, 2.05) is 6.07 Å². The topological polar surface area (TPSA) is 26.0 Å². The Morgan fingerprint density at radius 3 is 1.78 bits per heavy atom. The molecule has 0 saturated heterocycles. The van der Waals surface area contributed by atoms with E-state index in [0.29, 0.717) is 35.8 Å². The maximum absolute atomic E-state index is 6.13. The summed E-state index contributed by atoms with van der Waals surface area (Å²) in [7, 11) is 0.